The number of furan rings is 1. The average molecular weight is 279 g/mol. The minimum atomic E-state index is -0.0877. The Morgan fingerprint density at radius 3 is 3.15 bits per heavy atom. The van der Waals surface area contributed by atoms with Crippen molar-refractivity contribution in [3.63, 3.8) is 0 Å². The van der Waals surface area contributed by atoms with E-state index >= 15 is 0 Å². The molecule has 0 saturated carbocycles. The van der Waals surface area contributed by atoms with Gasteiger partial charge in [0.2, 0.25) is 5.91 Å². The first-order valence-electron chi connectivity index (χ1n) is 7.47. The highest BCUT2D eigenvalue weighted by molar-refractivity contribution is 5.78. The highest BCUT2D eigenvalue weighted by Crippen LogP contribution is 2.19. The molecule has 1 saturated heterocycles. The first-order valence-corrected chi connectivity index (χ1v) is 7.47. The van der Waals surface area contributed by atoms with Crippen LogP contribution in [0.1, 0.15) is 44.4 Å². The number of nitrogens with one attached hydrogen (secondary N) is 1. The lowest BCUT2D eigenvalue weighted by atomic mass is 9.99. The van der Waals surface area contributed by atoms with Crippen LogP contribution in [0.25, 0.3) is 0 Å². The van der Waals surface area contributed by atoms with Gasteiger partial charge >= 0.3 is 0 Å². The van der Waals surface area contributed by atoms with E-state index in [-0.39, 0.29) is 11.9 Å². The van der Waals surface area contributed by atoms with Gasteiger partial charge in [0.05, 0.1) is 18.8 Å². The van der Waals surface area contributed by atoms with Crippen molar-refractivity contribution in [1.82, 2.24) is 10.2 Å². The largest absolute Gasteiger partial charge is 0.467 e. The topological polar surface area (TPSA) is 71.5 Å². The molecule has 0 radical (unpaired) electrons. The number of nitrogens with two attached hydrogens (primary N) is 1. The van der Waals surface area contributed by atoms with Gasteiger partial charge in [-0.05, 0) is 51.4 Å². The molecule has 1 aliphatic rings. The molecule has 0 bridgehead atoms. The molecule has 5 heteroatoms. The Morgan fingerprint density at radius 1 is 1.60 bits per heavy atom. The summed E-state index contributed by atoms with van der Waals surface area (Å²) < 4.78 is 5.30. The van der Waals surface area contributed by atoms with Gasteiger partial charge in [0, 0.05) is 6.04 Å². The van der Waals surface area contributed by atoms with E-state index in [1.165, 1.54) is 12.8 Å². The summed E-state index contributed by atoms with van der Waals surface area (Å²) in [5.74, 6) is 0.841. The lowest BCUT2D eigenvalue weighted by molar-refractivity contribution is -0.124. The van der Waals surface area contributed by atoms with Crippen LogP contribution < -0.4 is 11.1 Å². The predicted octanol–water partition coefficient (Wildman–Crippen LogP) is 1.66. The molecule has 2 rings (SSSR count). The third-order valence-corrected chi connectivity index (χ3v) is 3.94. The number of carbonyl (C=O) groups excluding carboxylic acids is 1. The first-order chi connectivity index (χ1) is 9.70. The minimum Gasteiger partial charge on any atom is -0.467 e. The van der Waals surface area contributed by atoms with Crippen molar-refractivity contribution in [2.75, 3.05) is 19.6 Å². The van der Waals surface area contributed by atoms with Crippen molar-refractivity contribution in [2.45, 2.75) is 44.7 Å². The monoisotopic (exact) mass is 279 g/mol. The van der Waals surface area contributed by atoms with Crippen LogP contribution in [0, 0.1) is 0 Å². The van der Waals surface area contributed by atoms with E-state index in [0.717, 1.165) is 25.1 Å². The second kappa shape index (κ2) is 7.45. The molecule has 20 heavy (non-hydrogen) atoms. The van der Waals surface area contributed by atoms with Crippen molar-refractivity contribution in [2.24, 2.45) is 5.73 Å². The molecule has 1 aliphatic heterocycles. The van der Waals surface area contributed by atoms with Crippen molar-refractivity contribution in [3.05, 3.63) is 24.2 Å². The SMILES string of the molecule is CC(NC(=O)CN1CCCCC1CCN)c1ccco1. The first kappa shape index (κ1) is 15.1. The Kier molecular flexibility index (Phi) is 5.61. The van der Waals surface area contributed by atoms with Gasteiger partial charge in [0.1, 0.15) is 5.76 Å². The van der Waals surface area contributed by atoms with E-state index in [1.807, 2.05) is 19.1 Å². The summed E-state index contributed by atoms with van der Waals surface area (Å²) in [5.41, 5.74) is 5.66. The molecule has 0 spiro atoms. The molecule has 1 aromatic rings. The zero-order valence-electron chi connectivity index (χ0n) is 12.2. The maximum Gasteiger partial charge on any atom is 0.234 e. The summed E-state index contributed by atoms with van der Waals surface area (Å²) in [5, 5.41) is 2.99. The van der Waals surface area contributed by atoms with Crippen LogP contribution in [0.4, 0.5) is 0 Å². The fourth-order valence-corrected chi connectivity index (χ4v) is 2.87. The van der Waals surface area contributed by atoms with E-state index < -0.39 is 0 Å². The Hall–Kier alpha value is -1.33. The maximum absolute atomic E-state index is 12.1. The molecule has 0 aromatic carbocycles. The number of amides is 1. The third kappa shape index (κ3) is 4.08. The van der Waals surface area contributed by atoms with Gasteiger partial charge in [-0.3, -0.25) is 9.69 Å². The summed E-state index contributed by atoms with van der Waals surface area (Å²) in [6.07, 6.45) is 6.16. The molecule has 112 valence electrons. The lowest BCUT2D eigenvalue weighted by Crippen LogP contribution is -2.46. The summed E-state index contributed by atoms with van der Waals surface area (Å²) in [6, 6.07) is 4.08. The molecule has 0 aliphatic carbocycles. The number of nitrogens with zero attached hydrogens (tertiary/aromatic N) is 1. The van der Waals surface area contributed by atoms with Gasteiger partial charge in [0.25, 0.3) is 0 Å². The summed E-state index contributed by atoms with van der Waals surface area (Å²) >= 11 is 0. The lowest BCUT2D eigenvalue weighted by Gasteiger charge is -2.35. The van der Waals surface area contributed by atoms with Crippen LogP contribution in [0.3, 0.4) is 0 Å². The number of hydrogen-bond acceptors (Lipinski definition) is 4. The van der Waals surface area contributed by atoms with Gasteiger partial charge in [-0.1, -0.05) is 6.42 Å². The molecule has 3 N–H and O–H groups in total. The van der Waals surface area contributed by atoms with E-state index in [1.54, 1.807) is 6.26 Å². The van der Waals surface area contributed by atoms with Gasteiger partial charge in [0.15, 0.2) is 0 Å². The average Bonchev–Trinajstić information content (AvgIpc) is 2.95. The molecular weight excluding hydrogens is 254 g/mol. The molecular formula is C15H25N3O2. The molecule has 1 aromatic heterocycles. The Labute approximate surface area is 120 Å². The molecule has 1 fully saturated rings. The standard InChI is InChI=1S/C15H25N3O2/c1-12(14-6-4-10-20-14)17-15(19)11-18-9-3-2-5-13(18)7-8-16/h4,6,10,12-13H,2-3,5,7-9,11,16H2,1H3,(H,17,19). The van der Waals surface area contributed by atoms with Crippen LogP contribution in [0.5, 0.6) is 0 Å². The summed E-state index contributed by atoms with van der Waals surface area (Å²) in [6.45, 7) is 4.07. The van der Waals surface area contributed by atoms with Crippen molar-refractivity contribution in [1.29, 1.82) is 0 Å². The Morgan fingerprint density at radius 2 is 2.45 bits per heavy atom. The fourth-order valence-electron chi connectivity index (χ4n) is 2.87. The van der Waals surface area contributed by atoms with Gasteiger partial charge in [-0.2, -0.15) is 0 Å². The Balaban J connectivity index is 1.83. The smallest absolute Gasteiger partial charge is 0.234 e. The predicted molar refractivity (Wildman–Crippen MR) is 78.1 cm³/mol. The number of carbonyl (C=O) groups is 1. The maximum atomic E-state index is 12.1. The van der Waals surface area contributed by atoms with Gasteiger partial charge < -0.3 is 15.5 Å². The summed E-state index contributed by atoms with van der Waals surface area (Å²) in [4.78, 5) is 14.4. The number of piperidine rings is 1. The second-order valence-corrected chi connectivity index (χ2v) is 5.50. The molecule has 1 amide bonds. The van der Waals surface area contributed by atoms with E-state index in [0.29, 0.717) is 19.1 Å². The zero-order chi connectivity index (χ0) is 14.4. The van der Waals surface area contributed by atoms with E-state index in [2.05, 4.69) is 10.2 Å². The highest BCUT2D eigenvalue weighted by atomic mass is 16.3. The molecule has 5 nitrogen and oxygen atoms in total. The Bertz CT molecular complexity index is 403. The van der Waals surface area contributed by atoms with Crippen LogP contribution in [0.2, 0.25) is 0 Å². The van der Waals surface area contributed by atoms with Crippen LogP contribution in [0.15, 0.2) is 22.8 Å². The molecule has 2 atom stereocenters. The van der Waals surface area contributed by atoms with E-state index in [4.69, 9.17) is 10.2 Å². The minimum absolute atomic E-state index is 0.0535. The number of hydrogen-bond donors (Lipinski definition) is 2. The van der Waals surface area contributed by atoms with Crippen LogP contribution in [-0.4, -0.2) is 36.5 Å². The fraction of sp³-hybridized carbons (Fsp3) is 0.667. The number of likely N-dealkylation sites (tertiary alicyclic amines) is 1. The van der Waals surface area contributed by atoms with Crippen molar-refractivity contribution in [3.8, 4) is 0 Å². The zero-order valence-corrected chi connectivity index (χ0v) is 12.2. The van der Waals surface area contributed by atoms with Crippen molar-refractivity contribution < 1.29 is 9.21 Å². The highest BCUT2D eigenvalue weighted by Gasteiger charge is 2.24. The van der Waals surface area contributed by atoms with Crippen LogP contribution >= 0.6 is 0 Å². The van der Waals surface area contributed by atoms with Crippen LogP contribution in [-0.2, 0) is 4.79 Å². The molecule has 2 heterocycles. The van der Waals surface area contributed by atoms with Gasteiger partial charge in [-0.15, -0.1) is 0 Å². The normalized spacial score (nSPS) is 21.6. The van der Waals surface area contributed by atoms with Crippen molar-refractivity contribution >= 4 is 5.91 Å². The number of rotatable bonds is 6. The summed E-state index contributed by atoms with van der Waals surface area (Å²) in [7, 11) is 0. The quantitative estimate of drug-likeness (QED) is 0.831. The second-order valence-electron chi connectivity index (χ2n) is 5.50. The van der Waals surface area contributed by atoms with Gasteiger partial charge in [-0.25, -0.2) is 0 Å². The van der Waals surface area contributed by atoms with E-state index in [9.17, 15) is 4.79 Å². The molecule has 2 unspecified atom stereocenters. The third-order valence-electron chi connectivity index (χ3n) is 3.94.